The predicted octanol–water partition coefficient (Wildman–Crippen LogP) is 2.05. The van der Waals surface area contributed by atoms with Crippen LogP contribution in [-0.2, 0) is 0 Å². The first-order valence-electron chi connectivity index (χ1n) is 4.80. The highest BCUT2D eigenvalue weighted by atomic mass is 79.9. The summed E-state index contributed by atoms with van der Waals surface area (Å²) in [6, 6.07) is 4.90. The zero-order valence-electron chi connectivity index (χ0n) is 8.13. The Kier molecular flexibility index (Phi) is 2.74. The lowest BCUT2D eigenvalue weighted by molar-refractivity contribution is 0.373. The molecule has 1 fully saturated rings. The summed E-state index contributed by atoms with van der Waals surface area (Å²) in [4.78, 5) is 4.42. The molecule has 0 radical (unpaired) electrons. The van der Waals surface area contributed by atoms with Gasteiger partial charge in [-0.2, -0.15) is 0 Å². The van der Waals surface area contributed by atoms with Gasteiger partial charge in [-0.3, -0.25) is 0 Å². The molecule has 0 bridgehead atoms. The fourth-order valence-corrected chi connectivity index (χ4v) is 1.83. The first-order chi connectivity index (χ1) is 6.65. The molecule has 0 saturated heterocycles. The fraction of sp³-hybridized carbons (Fsp3) is 0.500. The topological polar surface area (TPSA) is 50.9 Å². The number of hydrogen-bond donors (Lipinski definition) is 2. The zero-order chi connectivity index (χ0) is 10.1. The minimum Gasteiger partial charge on any atom is -0.367 e. The molecule has 1 aliphatic rings. The van der Waals surface area contributed by atoms with Gasteiger partial charge in [-0.25, -0.2) is 4.98 Å². The molecular formula is C10H14BrN3. The Morgan fingerprint density at radius 2 is 2.21 bits per heavy atom. The van der Waals surface area contributed by atoms with Crippen molar-refractivity contribution in [3.05, 3.63) is 22.3 Å². The molecule has 0 aromatic carbocycles. The van der Waals surface area contributed by atoms with Crippen molar-refractivity contribution in [2.75, 3.05) is 5.32 Å². The normalized spacial score (nSPS) is 25.6. The van der Waals surface area contributed by atoms with Gasteiger partial charge in [0.15, 0.2) is 0 Å². The van der Waals surface area contributed by atoms with E-state index >= 15 is 0 Å². The van der Waals surface area contributed by atoms with Crippen molar-refractivity contribution in [3.8, 4) is 0 Å². The number of anilines is 1. The largest absolute Gasteiger partial charge is 0.367 e. The maximum Gasteiger partial charge on any atom is 0.126 e. The van der Waals surface area contributed by atoms with Gasteiger partial charge in [0.05, 0.1) is 5.69 Å². The number of nitrogens with two attached hydrogens (primary N) is 1. The molecule has 1 aliphatic carbocycles. The van der Waals surface area contributed by atoms with Gasteiger partial charge in [0.1, 0.15) is 5.82 Å². The molecule has 4 heteroatoms. The summed E-state index contributed by atoms with van der Waals surface area (Å²) in [5.41, 5.74) is 6.72. The Bertz CT molecular complexity index is 334. The lowest BCUT2D eigenvalue weighted by Crippen LogP contribution is -2.44. The summed E-state index contributed by atoms with van der Waals surface area (Å²) in [5.74, 6) is 0.947. The number of rotatable bonds is 2. The van der Waals surface area contributed by atoms with E-state index in [0.29, 0.717) is 12.1 Å². The highest BCUT2D eigenvalue weighted by Crippen LogP contribution is 2.23. The maximum atomic E-state index is 5.71. The second-order valence-electron chi connectivity index (χ2n) is 3.84. The lowest BCUT2D eigenvalue weighted by Gasteiger charge is -2.33. The van der Waals surface area contributed by atoms with E-state index in [9.17, 15) is 0 Å². The van der Waals surface area contributed by atoms with Crippen molar-refractivity contribution in [3.63, 3.8) is 0 Å². The predicted molar refractivity (Wildman–Crippen MR) is 61.3 cm³/mol. The third-order valence-corrected chi connectivity index (χ3v) is 3.39. The molecule has 0 atom stereocenters. The molecule has 2 rings (SSSR count). The first kappa shape index (κ1) is 9.93. The van der Waals surface area contributed by atoms with Crippen molar-refractivity contribution in [2.45, 2.75) is 31.8 Å². The molecule has 1 aromatic rings. The molecule has 1 aromatic heterocycles. The Hall–Kier alpha value is -0.610. The van der Waals surface area contributed by atoms with E-state index in [2.05, 4.69) is 26.2 Å². The van der Waals surface area contributed by atoms with E-state index in [1.165, 1.54) is 0 Å². The van der Waals surface area contributed by atoms with Gasteiger partial charge in [-0.1, -0.05) is 0 Å². The van der Waals surface area contributed by atoms with Gasteiger partial charge in [0.25, 0.3) is 0 Å². The van der Waals surface area contributed by atoms with Crippen LogP contribution in [0.25, 0.3) is 0 Å². The summed E-state index contributed by atoms with van der Waals surface area (Å²) in [6.07, 6.45) is 2.10. The van der Waals surface area contributed by atoms with E-state index < -0.39 is 0 Å². The van der Waals surface area contributed by atoms with Gasteiger partial charge in [-0.15, -0.1) is 0 Å². The molecule has 0 unspecified atom stereocenters. The number of hydrogen-bond acceptors (Lipinski definition) is 3. The third kappa shape index (κ3) is 2.07. The van der Waals surface area contributed by atoms with Crippen molar-refractivity contribution in [2.24, 2.45) is 5.73 Å². The quantitative estimate of drug-likeness (QED) is 0.851. The van der Waals surface area contributed by atoms with Gasteiger partial charge in [0, 0.05) is 16.6 Å². The van der Waals surface area contributed by atoms with Crippen LogP contribution in [0.1, 0.15) is 18.5 Å². The number of nitrogens with one attached hydrogen (secondary N) is 1. The average Bonchev–Trinajstić information content (AvgIpc) is 2.09. The lowest BCUT2D eigenvalue weighted by atomic mass is 9.88. The van der Waals surface area contributed by atoms with Crippen molar-refractivity contribution < 1.29 is 0 Å². The van der Waals surface area contributed by atoms with Crippen LogP contribution in [-0.4, -0.2) is 17.1 Å². The first-order valence-corrected chi connectivity index (χ1v) is 5.59. The van der Waals surface area contributed by atoms with Gasteiger partial charge < -0.3 is 11.1 Å². The second-order valence-corrected chi connectivity index (χ2v) is 4.69. The van der Waals surface area contributed by atoms with Crippen LogP contribution in [0.3, 0.4) is 0 Å². The molecule has 1 heterocycles. The van der Waals surface area contributed by atoms with E-state index in [0.717, 1.165) is 28.8 Å². The SMILES string of the molecule is Cc1nc(NC2CC(N)C2)ccc1Br. The number of pyridine rings is 1. The van der Waals surface area contributed by atoms with Crippen molar-refractivity contribution in [1.82, 2.24) is 4.98 Å². The van der Waals surface area contributed by atoms with Crippen LogP contribution in [0.5, 0.6) is 0 Å². The molecule has 3 N–H and O–H groups in total. The number of aromatic nitrogens is 1. The minimum atomic E-state index is 0.379. The Labute approximate surface area is 92.2 Å². The van der Waals surface area contributed by atoms with Gasteiger partial charge in [-0.05, 0) is 47.8 Å². The molecule has 0 spiro atoms. The number of nitrogens with zero attached hydrogens (tertiary/aromatic N) is 1. The Morgan fingerprint density at radius 1 is 1.50 bits per heavy atom. The van der Waals surface area contributed by atoms with Crippen LogP contribution in [0, 0.1) is 6.92 Å². The molecule has 76 valence electrons. The van der Waals surface area contributed by atoms with E-state index in [4.69, 9.17) is 5.73 Å². The van der Waals surface area contributed by atoms with Crippen molar-refractivity contribution >= 4 is 21.7 Å². The highest BCUT2D eigenvalue weighted by molar-refractivity contribution is 9.10. The molecule has 0 aliphatic heterocycles. The summed E-state index contributed by atoms with van der Waals surface area (Å²) in [6.45, 7) is 1.99. The smallest absolute Gasteiger partial charge is 0.126 e. The minimum absolute atomic E-state index is 0.379. The van der Waals surface area contributed by atoms with E-state index in [1.807, 2.05) is 19.1 Å². The Morgan fingerprint density at radius 3 is 2.79 bits per heavy atom. The zero-order valence-corrected chi connectivity index (χ0v) is 9.71. The molecular weight excluding hydrogens is 242 g/mol. The molecule has 1 saturated carbocycles. The highest BCUT2D eigenvalue weighted by Gasteiger charge is 2.25. The van der Waals surface area contributed by atoms with Crippen molar-refractivity contribution in [1.29, 1.82) is 0 Å². The summed E-state index contributed by atoms with van der Waals surface area (Å²) in [5, 5.41) is 3.36. The average molecular weight is 256 g/mol. The van der Waals surface area contributed by atoms with Gasteiger partial charge in [0.2, 0.25) is 0 Å². The van der Waals surface area contributed by atoms with E-state index in [1.54, 1.807) is 0 Å². The Balaban J connectivity index is 2.00. The third-order valence-electron chi connectivity index (χ3n) is 2.55. The van der Waals surface area contributed by atoms with Gasteiger partial charge >= 0.3 is 0 Å². The van der Waals surface area contributed by atoms with Crippen LogP contribution in [0.15, 0.2) is 16.6 Å². The standard InChI is InChI=1S/C10H14BrN3/c1-6-9(11)2-3-10(13-6)14-8-4-7(12)5-8/h2-3,7-8H,4-5,12H2,1H3,(H,13,14). The summed E-state index contributed by atoms with van der Waals surface area (Å²) < 4.78 is 1.05. The summed E-state index contributed by atoms with van der Waals surface area (Å²) in [7, 11) is 0. The van der Waals surface area contributed by atoms with Crippen LogP contribution in [0.4, 0.5) is 5.82 Å². The summed E-state index contributed by atoms with van der Waals surface area (Å²) >= 11 is 3.43. The molecule has 3 nitrogen and oxygen atoms in total. The number of aryl methyl sites for hydroxylation is 1. The monoisotopic (exact) mass is 255 g/mol. The van der Waals surface area contributed by atoms with E-state index in [-0.39, 0.29) is 0 Å². The number of halogens is 1. The van der Waals surface area contributed by atoms with Crippen LogP contribution >= 0.6 is 15.9 Å². The molecule has 0 amide bonds. The fourth-order valence-electron chi connectivity index (χ4n) is 1.61. The second kappa shape index (κ2) is 3.87. The molecule has 14 heavy (non-hydrogen) atoms. The van der Waals surface area contributed by atoms with Crippen LogP contribution in [0.2, 0.25) is 0 Å². The van der Waals surface area contributed by atoms with Crippen LogP contribution < -0.4 is 11.1 Å². The maximum absolute atomic E-state index is 5.71.